The highest BCUT2D eigenvalue weighted by Gasteiger charge is 2.32. The third kappa shape index (κ3) is 3.86. The number of hydrogen-bond donors (Lipinski definition) is 1. The standard InChI is InChI=1S/C19H25NO3S/c1-5-19(23-4,17-9-7-6-8-10-17)14-20-24(21,22)18-13-15(2)11-12-16(18)3/h6-13,20H,5,14H2,1-4H3/t19-/m1/s1. The first kappa shape index (κ1) is 18.6. The largest absolute Gasteiger partial charge is 0.372 e. The van der Waals surface area contributed by atoms with Crippen molar-refractivity contribution in [3.63, 3.8) is 0 Å². The number of nitrogens with one attached hydrogen (secondary N) is 1. The highest BCUT2D eigenvalue weighted by atomic mass is 32.2. The Morgan fingerprint density at radius 1 is 1.08 bits per heavy atom. The van der Waals surface area contributed by atoms with Gasteiger partial charge in [-0.3, -0.25) is 0 Å². The smallest absolute Gasteiger partial charge is 0.240 e. The molecule has 5 heteroatoms. The van der Waals surface area contributed by atoms with Gasteiger partial charge in [-0.1, -0.05) is 49.4 Å². The minimum Gasteiger partial charge on any atom is -0.372 e. The van der Waals surface area contributed by atoms with Gasteiger partial charge in [-0.05, 0) is 43.0 Å². The minimum atomic E-state index is -3.60. The van der Waals surface area contributed by atoms with E-state index in [1.54, 1.807) is 20.1 Å². The third-order valence-corrected chi connectivity index (χ3v) is 5.99. The van der Waals surface area contributed by atoms with Crippen LogP contribution >= 0.6 is 0 Å². The molecule has 4 nitrogen and oxygen atoms in total. The maximum Gasteiger partial charge on any atom is 0.240 e. The number of methoxy groups -OCH3 is 1. The third-order valence-electron chi connectivity index (χ3n) is 4.44. The van der Waals surface area contributed by atoms with Gasteiger partial charge in [-0.25, -0.2) is 13.1 Å². The molecule has 130 valence electrons. The topological polar surface area (TPSA) is 55.4 Å². The molecular formula is C19H25NO3S. The van der Waals surface area contributed by atoms with Crippen LogP contribution in [-0.2, 0) is 20.4 Å². The first-order valence-corrected chi connectivity index (χ1v) is 9.50. The van der Waals surface area contributed by atoms with Crippen molar-refractivity contribution in [2.24, 2.45) is 0 Å². The lowest BCUT2D eigenvalue weighted by Crippen LogP contribution is -2.42. The van der Waals surface area contributed by atoms with Crippen molar-refractivity contribution in [1.29, 1.82) is 0 Å². The van der Waals surface area contributed by atoms with Crippen molar-refractivity contribution in [2.45, 2.75) is 37.7 Å². The predicted molar refractivity (Wildman–Crippen MR) is 96.5 cm³/mol. The zero-order valence-corrected chi connectivity index (χ0v) is 15.5. The van der Waals surface area contributed by atoms with Crippen LogP contribution in [0.5, 0.6) is 0 Å². The fourth-order valence-electron chi connectivity index (χ4n) is 2.79. The summed E-state index contributed by atoms with van der Waals surface area (Å²) in [5, 5.41) is 0. The number of aryl methyl sites for hydroxylation is 2. The number of hydrogen-bond acceptors (Lipinski definition) is 3. The summed E-state index contributed by atoms with van der Waals surface area (Å²) in [7, 11) is -1.99. The molecule has 0 saturated carbocycles. The van der Waals surface area contributed by atoms with E-state index >= 15 is 0 Å². The number of rotatable bonds is 7. The molecule has 2 aromatic rings. The average molecular weight is 347 g/mol. The van der Waals surface area contributed by atoms with Crippen LogP contribution in [0, 0.1) is 13.8 Å². The van der Waals surface area contributed by atoms with Crippen LogP contribution in [0.4, 0.5) is 0 Å². The first-order chi connectivity index (χ1) is 11.3. The molecular weight excluding hydrogens is 322 g/mol. The second kappa shape index (κ2) is 7.47. The van der Waals surface area contributed by atoms with Gasteiger partial charge in [0.25, 0.3) is 0 Å². The van der Waals surface area contributed by atoms with Crippen molar-refractivity contribution in [2.75, 3.05) is 13.7 Å². The van der Waals surface area contributed by atoms with Crippen LogP contribution in [0.3, 0.4) is 0 Å². The molecule has 0 bridgehead atoms. The van der Waals surface area contributed by atoms with Crippen LogP contribution in [0.25, 0.3) is 0 Å². The van der Waals surface area contributed by atoms with Gasteiger partial charge in [-0.2, -0.15) is 0 Å². The predicted octanol–water partition coefficient (Wildman–Crippen LogP) is 3.53. The Balaban J connectivity index is 2.31. The Labute approximate surface area is 144 Å². The van der Waals surface area contributed by atoms with Crippen LogP contribution in [0.15, 0.2) is 53.4 Å². The summed E-state index contributed by atoms with van der Waals surface area (Å²) in [5.41, 5.74) is 1.91. The molecule has 2 aromatic carbocycles. The zero-order chi connectivity index (χ0) is 17.8. The van der Waals surface area contributed by atoms with Gasteiger partial charge in [0.2, 0.25) is 10.0 Å². The van der Waals surface area contributed by atoms with Crippen molar-refractivity contribution >= 4 is 10.0 Å². The molecule has 0 unspecified atom stereocenters. The normalized spacial score (nSPS) is 14.3. The van der Waals surface area contributed by atoms with E-state index < -0.39 is 15.6 Å². The average Bonchev–Trinajstić information content (AvgIpc) is 2.59. The molecule has 0 aliphatic rings. The molecule has 0 amide bonds. The van der Waals surface area contributed by atoms with Gasteiger partial charge < -0.3 is 4.74 Å². The lowest BCUT2D eigenvalue weighted by Gasteiger charge is -2.32. The maximum absolute atomic E-state index is 12.7. The van der Waals surface area contributed by atoms with Gasteiger partial charge in [0.1, 0.15) is 5.60 Å². The Kier molecular flexibility index (Phi) is 5.80. The monoisotopic (exact) mass is 347 g/mol. The summed E-state index contributed by atoms with van der Waals surface area (Å²) < 4.78 is 34.0. The van der Waals surface area contributed by atoms with E-state index in [0.29, 0.717) is 11.3 Å². The summed E-state index contributed by atoms with van der Waals surface area (Å²) in [5.74, 6) is 0. The molecule has 24 heavy (non-hydrogen) atoms. The summed E-state index contributed by atoms with van der Waals surface area (Å²) in [6.07, 6.45) is 0.656. The van der Waals surface area contributed by atoms with Crippen molar-refractivity contribution in [1.82, 2.24) is 4.72 Å². The van der Waals surface area contributed by atoms with E-state index in [9.17, 15) is 8.42 Å². The highest BCUT2D eigenvalue weighted by Crippen LogP contribution is 2.29. The van der Waals surface area contributed by atoms with Gasteiger partial charge in [0, 0.05) is 13.7 Å². The van der Waals surface area contributed by atoms with Crippen LogP contribution in [0.2, 0.25) is 0 Å². The van der Waals surface area contributed by atoms with E-state index in [1.165, 1.54) is 0 Å². The summed E-state index contributed by atoms with van der Waals surface area (Å²) in [6.45, 7) is 5.85. The van der Waals surface area contributed by atoms with Crippen molar-refractivity contribution in [3.8, 4) is 0 Å². The van der Waals surface area contributed by atoms with Gasteiger partial charge >= 0.3 is 0 Å². The van der Waals surface area contributed by atoms with Crippen molar-refractivity contribution in [3.05, 3.63) is 65.2 Å². The van der Waals surface area contributed by atoms with Crippen molar-refractivity contribution < 1.29 is 13.2 Å². The summed E-state index contributed by atoms with van der Waals surface area (Å²) in [6, 6.07) is 15.1. The van der Waals surface area contributed by atoms with Crippen LogP contribution in [-0.4, -0.2) is 22.1 Å². The molecule has 2 rings (SSSR count). The van der Waals surface area contributed by atoms with Crippen LogP contribution < -0.4 is 4.72 Å². The Bertz CT molecular complexity index is 782. The SMILES string of the molecule is CC[C@](CNS(=O)(=O)c1cc(C)ccc1C)(OC)c1ccccc1. The Hall–Kier alpha value is -1.69. The van der Waals surface area contributed by atoms with E-state index in [1.807, 2.05) is 56.3 Å². The first-order valence-electron chi connectivity index (χ1n) is 8.02. The van der Waals surface area contributed by atoms with E-state index in [4.69, 9.17) is 4.74 Å². The molecule has 0 aromatic heterocycles. The van der Waals surface area contributed by atoms with E-state index in [2.05, 4.69) is 4.72 Å². The fourth-order valence-corrected chi connectivity index (χ4v) is 4.21. The molecule has 1 atom stereocenters. The summed E-state index contributed by atoms with van der Waals surface area (Å²) >= 11 is 0. The second-order valence-corrected chi connectivity index (χ2v) is 7.75. The quantitative estimate of drug-likeness (QED) is 0.833. The minimum absolute atomic E-state index is 0.180. The maximum atomic E-state index is 12.7. The Morgan fingerprint density at radius 3 is 2.33 bits per heavy atom. The highest BCUT2D eigenvalue weighted by molar-refractivity contribution is 7.89. The second-order valence-electron chi connectivity index (χ2n) is 6.01. The zero-order valence-electron chi connectivity index (χ0n) is 14.7. The van der Waals surface area contributed by atoms with Gasteiger partial charge in [0.15, 0.2) is 0 Å². The molecule has 0 radical (unpaired) electrons. The van der Waals surface area contributed by atoms with Gasteiger partial charge in [-0.15, -0.1) is 0 Å². The molecule has 0 heterocycles. The molecule has 1 N–H and O–H groups in total. The molecule has 0 fully saturated rings. The number of benzene rings is 2. The van der Waals surface area contributed by atoms with E-state index in [-0.39, 0.29) is 6.54 Å². The van der Waals surface area contributed by atoms with Gasteiger partial charge in [0.05, 0.1) is 4.90 Å². The number of ether oxygens (including phenoxy) is 1. The lowest BCUT2D eigenvalue weighted by atomic mass is 9.91. The van der Waals surface area contributed by atoms with E-state index in [0.717, 1.165) is 16.7 Å². The van der Waals surface area contributed by atoms with Crippen LogP contribution in [0.1, 0.15) is 30.0 Å². The molecule has 0 saturated heterocycles. The fraction of sp³-hybridized carbons (Fsp3) is 0.368. The molecule has 0 aliphatic heterocycles. The number of sulfonamides is 1. The Morgan fingerprint density at radius 2 is 1.75 bits per heavy atom. The summed E-state index contributed by atoms with van der Waals surface area (Å²) in [4.78, 5) is 0.316. The molecule has 0 spiro atoms. The molecule has 0 aliphatic carbocycles. The lowest BCUT2D eigenvalue weighted by molar-refractivity contribution is -0.0133.